The number of ketones is 1. The Hall–Kier alpha value is -3.64. The minimum atomic E-state index is -4.56. The van der Waals surface area contributed by atoms with Crippen LogP contribution in [-0.4, -0.2) is 40.7 Å². The fraction of sp³-hybridized carbons (Fsp3) is 0.118. The number of carbonyl (C=O) groups is 2. The number of nitrogens with zero attached hydrogens (tertiary/aromatic N) is 2. The summed E-state index contributed by atoms with van der Waals surface area (Å²) in [4.78, 5) is 40.2. The molecule has 12 heteroatoms. The SMILES string of the molecule is CC(=O)C(N=Nc1ccccc1S(=O)(=O)O)C(=O)Nc1ccc2[nH]c(=O)[nH]c2c1. The van der Waals surface area contributed by atoms with Crippen LogP contribution in [0.15, 0.2) is 62.4 Å². The molecule has 1 unspecified atom stereocenters. The van der Waals surface area contributed by atoms with Gasteiger partial charge in [0.2, 0.25) is 6.04 Å². The number of azo groups is 1. The van der Waals surface area contributed by atoms with Gasteiger partial charge in [0.25, 0.3) is 16.0 Å². The molecule has 4 N–H and O–H groups in total. The number of nitrogens with one attached hydrogen (secondary N) is 3. The maximum absolute atomic E-state index is 12.5. The fourth-order valence-corrected chi connectivity index (χ4v) is 3.14. The van der Waals surface area contributed by atoms with Crippen molar-refractivity contribution in [1.82, 2.24) is 9.97 Å². The average molecular weight is 417 g/mol. The maximum Gasteiger partial charge on any atom is 0.323 e. The predicted octanol–water partition coefficient (Wildman–Crippen LogP) is 1.78. The summed E-state index contributed by atoms with van der Waals surface area (Å²) >= 11 is 0. The molecule has 11 nitrogen and oxygen atoms in total. The standard InChI is InChI=1S/C17H15N5O6S/c1-9(23)15(22-21-12-4-2-3-5-14(12)29(26,27)28)16(24)18-10-6-7-11-13(8-10)20-17(25)19-11/h2-8,15H,1H3,(H,18,24)(H2,19,20,25)(H,26,27,28). The molecule has 1 atom stereocenters. The minimum Gasteiger partial charge on any atom is -0.324 e. The molecule has 1 amide bonds. The third kappa shape index (κ3) is 4.62. The van der Waals surface area contributed by atoms with Crippen LogP contribution in [0, 0.1) is 0 Å². The number of carbonyl (C=O) groups excluding carboxylic acids is 2. The fourth-order valence-electron chi connectivity index (χ4n) is 2.52. The second-order valence-corrected chi connectivity index (χ2v) is 7.39. The topological polar surface area (TPSA) is 174 Å². The summed E-state index contributed by atoms with van der Waals surface area (Å²) in [5.41, 5.74) is 0.669. The number of rotatable bonds is 6. The van der Waals surface area contributed by atoms with Crippen molar-refractivity contribution in [2.24, 2.45) is 10.2 Å². The number of Topliss-reactive ketones (excluding diaryl/α,β-unsaturated/α-hetero) is 1. The van der Waals surface area contributed by atoms with Crippen molar-refractivity contribution in [2.75, 3.05) is 5.32 Å². The van der Waals surface area contributed by atoms with E-state index in [9.17, 15) is 27.4 Å². The lowest BCUT2D eigenvalue weighted by Gasteiger charge is -2.09. The van der Waals surface area contributed by atoms with Gasteiger partial charge in [-0.3, -0.25) is 14.1 Å². The van der Waals surface area contributed by atoms with Crippen LogP contribution in [-0.2, 0) is 19.7 Å². The van der Waals surface area contributed by atoms with Gasteiger partial charge in [0, 0.05) is 5.69 Å². The van der Waals surface area contributed by atoms with E-state index < -0.39 is 38.4 Å². The van der Waals surface area contributed by atoms with Crippen LogP contribution in [0.3, 0.4) is 0 Å². The molecular formula is C17H15N5O6S. The summed E-state index contributed by atoms with van der Waals surface area (Å²) < 4.78 is 32.0. The van der Waals surface area contributed by atoms with Crippen molar-refractivity contribution in [2.45, 2.75) is 17.9 Å². The Morgan fingerprint density at radius 3 is 2.48 bits per heavy atom. The van der Waals surface area contributed by atoms with E-state index >= 15 is 0 Å². The number of anilines is 1. The molecule has 1 heterocycles. The molecule has 2 aromatic carbocycles. The highest BCUT2D eigenvalue weighted by atomic mass is 32.2. The molecule has 0 fully saturated rings. The molecule has 3 aromatic rings. The molecule has 3 rings (SSSR count). The number of hydrogen-bond donors (Lipinski definition) is 4. The van der Waals surface area contributed by atoms with Gasteiger partial charge in [-0.2, -0.15) is 18.6 Å². The Balaban J connectivity index is 1.86. The van der Waals surface area contributed by atoms with Crippen LogP contribution in [0.4, 0.5) is 11.4 Å². The van der Waals surface area contributed by atoms with Gasteiger partial charge in [0.05, 0.1) is 11.0 Å². The highest BCUT2D eigenvalue weighted by Gasteiger charge is 2.24. The first-order chi connectivity index (χ1) is 13.6. The second kappa shape index (κ2) is 7.77. The molecule has 0 bridgehead atoms. The molecule has 0 aliphatic heterocycles. The third-order valence-electron chi connectivity index (χ3n) is 3.84. The predicted molar refractivity (Wildman–Crippen MR) is 103 cm³/mol. The van der Waals surface area contributed by atoms with Crippen LogP contribution in [0.25, 0.3) is 11.0 Å². The van der Waals surface area contributed by atoms with Crippen LogP contribution < -0.4 is 11.0 Å². The van der Waals surface area contributed by atoms with E-state index in [0.717, 1.165) is 13.0 Å². The first kappa shape index (κ1) is 20.1. The van der Waals surface area contributed by atoms with Gasteiger partial charge >= 0.3 is 5.69 Å². The number of aromatic amines is 2. The van der Waals surface area contributed by atoms with Crippen molar-refractivity contribution < 1.29 is 22.6 Å². The Morgan fingerprint density at radius 1 is 1.10 bits per heavy atom. The summed E-state index contributed by atoms with van der Waals surface area (Å²) in [7, 11) is -4.56. The highest BCUT2D eigenvalue weighted by molar-refractivity contribution is 7.86. The third-order valence-corrected chi connectivity index (χ3v) is 4.74. The van der Waals surface area contributed by atoms with Crippen LogP contribution in [0.5, 0.6) is 0 Å². The van der Waals surface area contributed by atoms with E-state index in [2.05, 4.69) is 25.5 Å². The Kier molecular flexibility index (Phi) is 5.39. The lowest BCUT2D eigenvalue weighted by molar-refractivity contribution is -0.126. The van der Waals surface area contributed by atoms with Crippen LogP contribution in [0.1, 0.15) is 6.92 Å². The van der Waals surface area contributed by atoms with E-state index in [-0.39, 0.29) is 5.69 Å². The minimum absolute atomic E-state index is 0.222. The Morgan fingerprint density at radius 2 is 1.79 bits per heavy atom. The highest BCUT2D eigenvalue weighted by Crippen LogP contribution is 2.24. The average Bonchev–Trinajstić information content (AvgIpc) is 3.00. The number of H-pyrrole nitrogens is 2. The first-order valence-corrected chi connectivity index (χ1v) is 9.60. The smallest absolute Gasteiger partial charge is 0.323 e. The molecule has 1 aromatic heterocycles. The second-order valence-electron chi connectivity index (χ2n) is 6.00. The summed E-state index contributed by atoms with van der Waals surface area (Å²) in [6.07, 6.45) is 0. The zero-order valence-electron chi connectivity index (χ0n) is 14.9. The van der Waals surface area contributed by atoms with Gasteiger partial charge in [-0.15, -0.1) is 0 Å². The monoisotopic (exact) mass is 417 g/mol. The lowest BCUT2D eigenvalue weighted by atomic mass is 10.2. The normalized spacial score (nSPS) is 12.9. The Bertz CT molecular complexity index is 1290. The maximum atomic E-state index is 12.5. The molecule has 29 heavy (non-hydrogen) atoms. The molecule has 0 spiro atoms. The van der Waals surface area contributed by atoms with Crippen molar-refractivity contribution in [3.05, 3.63) is 52.9 Å². The van der Waals surface area contributed by atoms with Gasteiger partial charge in [0.15, 0.2) is 5.78 Å². The molecule has 0 aliphatic rings. The van der Waals surface area contributed by atoms with E-state index in [0.29, 0.717) is 16.7 Å². The number of benzene rings is 2. The molecular weight excluding hydrogens is 402 g/mol. The van der Waals surface area contributed by atoms with Gasteiger partial charge in [0.1, 0.15) is 10.6 Å². The largest absolute Gasteiger partial charge is 0.324 e. The quantitative estimate of drug-likeness (QED) is 0.270. The zero-order valence-corrected chi connectivity index (χ0v) is 15.7. The molecule has 0 radical (unpaired) electrons. The van der Waals surface area contributed by atoms with Gasteiger partial charge < -0.3 is 15.3 Å². The summed E-state index contributed by atoms with van der Waals surface area (Å²) in [6.45, 7) is 1.13. The van der Waals surface area contributed by atoms with Crippen molar-refractivity contribution >= 4 is 44.2 Å². The summed E-state index contributed by atoms with van der Waals surface area (Å²) in [6, 6.07) is 8.23. The van der Waals surface area contributed by atoms with Crippen LogP contribution in [0.2, 0.25) is 0 Å². The van der Waals surface area contributed by atoms with Gasteiger partial charge in [-0.25, -0.2) is 4.79 Å². The van der Waals surface area contributed by atoms with Crippen molar-refractivity contribution in [3.8, 4) is 0 Å². The number of imidazole rings is 1. The molecule has 150 valence electrons. The number of aromatic nitrogens is 2. The van der Waals surface area contributed by atoms with E-state index in [1.54, 1.807) is 6.07 Å². The van der Waals surface area contributed by atoms with E-state index in [1.807, 2.05) is 0 Å². The van der Waals surface area contributed by atoms with Crippen LogP contribution >= 0.6 is 0 Å². The Labute approximate surface area is 163 Å². The number of amides is 1. The first-order valence-electron chi connectivity index (χ1n) is 8.16. The van der Waals surface area contributed by atoms with Gasteiger partial charge in [-0.1, -0.05) is 12.1 Å². The molecule has 0 saturated heterocycles. The number of fused-ring (bicyclic) bond motifs is 1. The van der Waals surface area contributed by atoms with Crippen molar-refractivity contribution in [3.63, 3.8) is 0 Å². The van der Waals surface area contributed by atoms with Gasteiger partial charge in [-0.05, 0) is 37.3 Å². The summed E-state index contributed by atoms with van der Waals surface area (Å²) in [5, 5.41) is 9.80. The zero-order chi connectivity index (χ0) is 21.2. The summed E-state index contributed by atoms with van der Waals surface area (Å²) in [5.74, 6) is -1.44. The molecule has 0 saturated carbocycles. The number of hydrogen-bond acceptors (Lipinski definition) is 7. The molecule has 0 aliphatic carbocycles. The lowest BCUT2D eigenvalue weighted by Crippen LogP contribution is -2.31. The van der Waals surface area contributed by atoms with Crippen molar-refractivity contribution in [1.29, 1.82) is 0 Å². The van der Waals surface area contributed by atoms with E-state index in [4.69, 9.17) is 0 Å². The van der Waals surface area contributed by atoms with E-state index in [1.165, 1.54) is 30.3 Å².